The molecule has 3 aliphatic carbocycles. The number of fused-ring (bicyclic) bond motifs is 3. The molecule has 190 valence electrons. The van der Waals surface area contributed by atoms with Gasteiger partial charge < -0.3 is 26.8 Å². The molecule has 3 aliphatic rings. The fourth-order valence-electron chi connectivity index (χ4n) is 5.96. The minimum Gasteiger partial charge on any atom is -0.511 e. The van der Waals surface area contributed by atoms with Gasteiger partial charge >= 0.3 is 0 Å². The summed E-state index contributed by atoms with van der Waals surface area (Å²) >= 11 is 0. The Morgan fingerprint density at radius 2 is 1.86 bits per heavy atom. The number of aromatic hydroxyl groups is 1. The Morgan fingerprint density at radius 1 is 1.14 bits per heavy atom. The largest absolute Gasteiger partial charge is 0.511 e. The second-order valence-electron chi connectivity index (χ2n) is 9.55. The topological polar surface area (TPSA) is 207 Å². The number of nitro groups is 1. The Kier molecular flexibility index (Phi) is 5.60. The summed E-state index contributed by atoms with van der Waals surface area (Å²) < 4.78 is 0. The number of allylic oxidation sites excluding steroid dienone is 3. The van der Waals surface area contributed by atoms with Crippen molar-refractivity contribution in [2.24, 2.45) is 29.2 Å². The zero-order chi connectivity index (χ0) is 26.8. The smallest absolute Gasteiger partial charge is 0.270 e. The van der Waals surface area contributed by atoms with Crippen molar-refractivity contribution in [1.82, 2.24) is 0 Å². The van der Waals surface area contributed by atoms with Gasteiger partial charge in [0.15, 0.2) is 11.6 Å². The van der Waals surface area contributed by atoms with E-state index in [9.17, 15) is 39.8 Å². The number of phenols is 1. The molecule has 0 heterocycles. The van der Waals surface area contributed by atoms with Crippen LogP contribution in [0.5, 0.6) is 5.75 Å². The first-order valence-electron chi connectivity index (χ1n) is 11.6. The number of carbonyl (C=O) groups is 3. The normalized spacial score (nSPS) is 22.9. The highest BCUT2D eigenvalue weighted by molar-refractivity contribution is 6.22. The Bertz CT molecular complexity index is 1490. The highest BCUT2D eigenvalue weighted by Gasteiger charge is 2.50. The van der Waals surface area contributed by atoms with Crippen molar-refractivity contribution in [3.8, 4) is 16.9 Å². The van der Waals surface area contributed by atoms with Gasteiger partial charge in [0.25, 0.3) is 11.6 Å². The van der Waals surface area contributed by atoms with Crippen molar-refractivity contribution in [2.45, 2.75) is 25.8 Å². The molecular weight excluding hydrogens is 482 g/mol. The first-order chi connectivity index (χ1) is 17.5. The third-order valence-electron chi connectivity index (χ3n) is 7.55. The number of carbonyl (C=O) groups excluding carboxylic acids is 3. The van der Waals surface area contributed by atoms with E-state index in [0.29, 0.717) is 16.7 Å². The summed E-state index contributed by atoms with van der Waals surface area (Å²) in [5.74, 6) is -6.30. The van der Waals surface area contributed by atoms with Crippen LogP contribution in [0.3, 0.4) is 0 Å². The van der Waals surface area contributed by atoms with Crippen LogP contribution in [0.2, 0.25) is 0 Å². The molecule has 0 bridgehead atoms. The van der Waals surface area contributed by atoms with Gasteiger partial charge in [0.2, 0.25) is 0 Å². The Labute approximate surface area is 209 Å². The fraction of sp³-hybridized carbons (Fsp3) is 0.269. The van der Waals surface area contributed by atoms with Crippen molar-refractivity contribution in [3.63, 3.8) is 0 Å². The summed E-state index contributed by atoms with van der Waals surface area (Å²) in [6.07, 6.45) is 0.352. The van der Waals surface area contributed by atoms with E-state index in [0.717, 1.165) is 0 Å². The van der Waals surface area contributed by atoms with Crippen LogP contribution in [0.1, 0.15) is 34.3 Å². The zero-order valence-electron chi connectivity index (χ0n) is 19.4. The maximum absolute atomic E-state index is 13.8. The van der Waals surface area contributed by atoms with Gasteiger partial charge in [0, 0.05) is 36.2 Å². The average molecular weight is 505 g/mol. The third-order valence-corrected chi connectivity index (χ3v) is 7.55. The number of amides is 1. The number of hydrogen-bond donors (Lipinski definition) is 5. The van der Waals surface area contributed by atoms with E-state index in [2.05, 4.69) is 0 Å². The lowest BCUT2D eigenvalue weighted by Gasteiger charge is -2.41. The highest BCUT2D eigenvalue weighted by Crippen LogP contribution is 2.51. The molecule has 0 radical (unpaired) electrons. The van der Waals surface area contributed by atoms with Crippen LogP contribution in [0, 0.1) is 27.9 Å². The number of Topliss-reactive ketones (excluding diaryl/α,β-unsaturated/α-hetero) is 2. The molecule has 1 amide bonds. The van der Waals surface area contributed by atoms with Gasteiger partial charge in [0.1, 0.15) is 22.8 Å². The minimum absolute atomic E-state index is 0.0400. The van der Waals surface area contributed by atoms with Crippen LogP contribution >= 0.6 is 0 Å². The number of aliphatic hydroxyl groups is 2. The number of aliphatic hydroxyl groups excluding tert-OH is 2. The summed E-state index contributed by atoms with van der Waals surface area (Å²) in [7, 11) is 0. The van der Waals surface area contributed by atoms with E-state index in [1.54, 1.807) is 12.1 Å². The molecule has 0 spiro atoms. The number of nitro benzene ring substituents is 1. The Morgan fingerprint density at radius 3 is 2.51 bits per heavy atom. The Balaban J connectivity index is 1.69. The van der Waals surface area contributed by atoms with Gasteiger partial charge in [-0.25, -0.2) is 0 Å². The molecule has 7 N–H and O–H groups in total. The average Bonchev–Trinajstić information content (AvgIpc) is 2.83. The summed E-state index contributed by atoms with van der Waals surface area (Å²) in [4.78, 5) is 49.3. The molecule has 3 atom stereocenters. The molecule has 0 saturated carbocycles. The number of nitrogens with zero attached hydrogens (tertiary/aromatic N) is 1. The summed E-state index contributed by atoms with van der Waals surface area (Å²) in [5.41, 5.74) is 11.8. The van der Waals surface area contributed by atoms with E-state index in [1.165, 1.54) is 18.2 Å². The highest BCUT2D eigenvalue weighted by atomic mass is 16.6. The zero-order valence-corrected chi connectivity index (χ0v) is 19.4. The standard InChI is InChI=1S/C26H23N3O8/c27-9-13-7-15(10-2-1-3-14(5-10)29(36)37)16-6-11-4-12-8-17(30)21(26(28)35)25(34)19(12)23(32)18(11)24(33)20(16)22(13)31/h1-3,5,7,11-12,19,30-32H,4,6,8-9,27H2,(H2,28,35)/t11-,12+,19?/m1/s1. The molecule has 1 unspecified atom stereocenters. The van der Waals surface area contributed by atoms with E-state index < -0.39 is 57.2 Å². The van der Waals surface area contributed by atoms with Gasteiger partial charge in [-0.3, -0.25) is 24.5 Å². The van der Waals surface area contributed by atoms with Crippen LogP contribution < -0.4 is 11.5 Å². The van der Waals surface area contributed by atoms with E-state index in [-0.39, 0.29) is 53.9 Å². The van der Waals surface area contributed by atoms with Crippen LogP contribution in [-0.4, -0.2) is 37.7 Å². The van der Waals surface area contributed by atoms with E-state index in [1.807, 2.05) is 0 Å². The number of hydrogen-bond acceptors (Lipinski definition) is 9. The molecular formula is C26H23N3O8. The second-order valence-corrected chi connectivity index (χ2v) is 9.55. The van der Waals surface area contributed by atoms with Crippen molar-refractivity contribution in [1.29, 1.82) is 0 Å². The van der Waals surface area contributed by atoms with Gasteiger partial charge in [0.05, 0.1) is 16.4 Å². The van der Waals surface area contributed by atoms with E-state index >= 15 is 0 Å². The third kappa shape index (κ3) is 3.58. The molecule has 0 aliphatic heterocycles. The number of primary amides is 1. The van der Waals surface area contributed by atoms with Crippen LogP contribution in [0.15, 0.2) is 53.0 Å². The quantitative estimate of drug-likeness (QED) is 0.234. The molecule has 2 aromatic carbocycles. The first kappa shape index (κ1) is 24.2. The number of rotatable bonds is 4. The van der Waals surface area contributed by atoms with Crippen molar-refractivity contribution < 1.29 is 34.6 Å². The van der Waals surface area contributed by atoms with Crippen molar-refractivity contribution in [3.05, 3.63) is 79.8 Å². The molecule has 37 heavy (non-hydrogen) atoms. The van der Waals surface area contributed by atoms with Crippen LogP contribution in [-0.2, 0) is 22.6 Å². The summed E-state index contributed by atoms with van der Waals surface area (Å²) in [6.45, 7) is -0.127. The lowest BCUT2D eigenvalue weighted by Crippen LogP contribution is -2.43. The first-order valence-corrected chi connectivity index (χ1v) is 11.6. The molecule has 0 aromatic heterocycles. The van der Waals surface area contributed by atoms with Gasteiger partial charge in [-0.15, -0.1) is 0 Å². The van der Waals surface area contributed by atoms with E-state index in [4.69, 9.17) is 11.5 Å². The SMILES string of the molecule is NCc1cc(-c2cccc([N+](=O)[O-])c2)c2c(c1O)C(=O)C1=C(O)C3C(=O)C(C(N)=O)=C(O)C[C@@H]3C[C@@H]1C2. The number of ketones is 2. The minimum atomic E-state index is -1.22. The molecule has 0 fully saturated rings. The van der Waals surface area contributed by atoms with Gasteiger partial charge in [-0.2, -0.15) is 0 Å². The monoisotopic (exact) mass is 505 g/mol. The maximum atomic E-state index is 13.8. The lowest BCUT2D eigenvalue weighted by molar-refractivity contribution is -0.384. The number of non-ortho nitro benzene ring substituents is 1. The van der Waals surface area contributed by atoms with Gasteiger partial charge in [-0.1, -0.05) is 12.1 Å². The van der Waals surface area contributed by atoms with Crippen molar-refractivity contribution >= 4 is 23.2 Å². The molecule has 11 nitrogen and oxygen atoms in total. The lowest BCUT2D eigenvalue weighted by atomic mass is 9.62. The molecule has 0 saturated heterocycles. The van der Waals surface area contributed by atoms with Gasteiger partial charge in [-0.05, 0) is 47.4 Å². The number of phenolic OH excluding ortho intramolecular Hbond substituents is 1. The second kappa shape index (κ2) is 8.56. The van der Waals surface area contributed by atoms with Crippen LogP contribution in [0.25, 0.3) is 11.1 Å². The maximum Gasteiger partial charge on any atom is 0.270 e. The van der Waals surface area contributed by atoms with Crippen LogP contribution in [0.4, 0.5) is 5.69 Å². The predicted molar refractivity (Wildman–Crippen MR) is 129 cm³/mol. The fourth-order valence-corrected chi connectivity index (χ4v) is 5.96. The number of benzene rings is 2. The molecule has 11 heteroatoms. The predicted octanol–water partition coefficient (Wildman–Crippen LogP) is 2.50. The summed E-state index contributed by atoms with van der Waals surface area (Å²) in [6, 6.07) is 7.47. The number of nitrogens with two attached hydrogens (primary N) is 2. The molecule has 5 rings (SSSR count). The molecule has 2 aromatic rings. The Hall–Kier alpha value is -4.51. The summed E-state index contributed by atoms with van der Waals surface area (Å²) in [5, 5.41) is 43.7. The van der Waals surface area contributed by atoms with Crippen molar-refractivity contribution in [2.75, 3.05) is 0 Å².